The highest BCUT2D eigenvalue weighted by Crippen LogP contribution is 2.19. The number of aliphatic carboxylic acids is 1. The van der Waals surface area contributed by atoms with E-state index in [0.29, 0.717) is 19.5 Å². The molecule has 1 fully saturated rings. The molecule has 0 radical (unpaired) electrons. The molecule has 0 spiro atoms. The molecule has 1 aliphatic rings. The van der Waals surface area contributed by atoms with Gasteiger partial charge in [-0.05, 0) is 12.0 Å². The Morgan fingerprint density at radius 3 is 2.75 bits per heavy atom. The highest BCUT2D eigenvalue weighted by atomic mass is 16.4. The van der Waals surface area contributed by atoms with Crippen molar-refractivity contribution in [2.45, 2.75) is 25.0 Å². The molecule has 16 heavy (non-hydrogen) atoms. The monoisotopic (exact) mass is 220 g/mol. The van der Waals surface area contributed by atoms with Gasteiger partial charge in [0.2, 0.25) is 0 Å². The van der Waals surface area contributed by atoms with E-state index >= 15 is 0 Å². The second kappa shape index (κ2) is 4.63. The normalized spacial score (nSPS) is 25.8. The van der Waals surface area contributed by atoms with Gasteiger partial charge in [0.25, 0.3) is 0 Å². The molecule has 0 aliphatic carbocycles. The van der Waals surface area contributed by atoms with Crippen LogP contribution in [-0.2, 0) is 11.3 Å². The summed E-state index contributed by atoms with van der Waals surface area (Å²) in [7, 11) is 0. The minimum Gasteiger partial charge on any atom is -0.480 e. The molecule has 2 atom stereocenters. The van der Waals surface area contributed by atoms with Crippen molar-refractivity contribution in [2.75, 3.05) is 6.54 Å². The van der Waals surface area contributed by atoms with Crippen molar-refractivity contribution in [3.8, 4) is 0 Å². The Labute approximate surface area is 94.7 Å². The van der Waals surface area contributed by atoms with Gasteiger partial charge in [0, 0.05) is 19.1 Å². The molecule has 3 N–H and O–H groups in total. The number of hydrogen-bond acceptors (Lipinski definition) is 3. The number of benzene rings is 1. The van der Waals surface area contributed by atoms with Crippen LogP contribution in [0.4, 0.5) is 0 Å². The van der Waals surface area contributed by atoms with Gasteiger partial charge < -0.3 is 10.8 Å². The van der Waals surface area contributed by atoms with Crippen molar-refractivity contribution in [1.29, 1.82) is 0 Å². The zero-order valence-corrected chi connectivity index (χ0v) is 9.04. The van der Waals surface area contributed by atoms with E-state index in [4.69, 9.17) is 10.8 Å². The first-order chi connectivity index (χ1) is 7.66. The Morgan fingerprint density at radius 1 is 1.44 bits per heavy atom. The summed E-state index contributed by atoms with van der Waals surface area (Å²) in [5.41, 5.74) is 6.93. The number of carboxylic acid groups (broad SMARTS) is 1. The summed E-state index contributed by atoms with van der Waals surface area (Å²) in [5.74, 6) is -0.774. The summed E-state index contributed by atoms with van der Waals surface area (Å²) in [6.07, 6.45) is 0.544. The number of hydrogen-bond donors (Lipinski definition) is 2. The highest BCUT2D eigenvalue weighted by Gasteiger charge is 2.34. The molecule has 2 rings (SSSR count). The molecule has 1 heterocycles. The van der Waals surface area contributed by atoms with Crippen LogP contribution in [0.15, 0.2) is 30.3 Å². The molecule has 0 aromatic heterocycles. The fraction of sp³-hybridized carbons (Fsp3) is 0.417. The predicted octanol–water partition coefficient (Wildman–Crippen LogP) is 0.673. The van der Waals surface area contributed by atoms with Gasteiger partial charge in [0.15, 0.2) is 0 Å². The summed E-state index contributed by atoms with van der Waals surface area (Å²) in [4.78, 5) is 13.0. The zero-order chi connectivity index (χ0) is 11.5. The second-order valence-corrected chi connectivity index (χ2v) is 4.26. The van der Waals surface area contributed by atoms with E-state index in [1.807, 2.05) is 35.2 Å². The SMILES string of the molecule is NC1CC(C(=O)O)N(Cc2ccccc2)C1. The van der Waals surface area contributed by atoms with Gasteiger partial charge in [-0.15, -0.1) is 0 Å². The lowest BCUT2D eigenvalue weighted by Crippen LogP contribution is -2.35. The fourth-order valence-corrected chi connectivity index (χ4v) is 2.19. The molecule has 4 nitrogen and oxygen atoms in total. The molecular formula is C12H16N2O2. The summed E-state index contributed by atoms with van der Waals surface area (Å²) in [6, 6.07) is 9.42. The maximum atomic E-state index is 11.1. The van der Waals surface area contributed by atoms with Crippen molar-refractivity contribution in [3.05, 3.63) is 35.9 Å². The molecule has 1 saturated heterocycles. The molecular weight excluding hydrogens is 204 g/mol. The van der Waals surface area contributed by atoms with Crippen molar-refractivity contribution in [3.63, 3.8) is 0 Å². The number of likely N-dealkylation sites (tertiary alicyclic amines) is 1. The average molecular weight is 220 g/mol. The van der Waals surface area contributed by atoms with Crippen molar-refractivity contribution >= 4 is 5.97 Å². The largest absolute Gasteiger partial charge is 0.480 e. The molecule has 0 saturated carbocycles. The van der Waals surface area contributed by atoms with Gasteiger partial charge in [-0.3, -0.25) is 9.69 Å². The van der Waals surface area contributed by atoms with Gasteiger partial charge in [-0.2, -0.15) is 0 Å². The smallest absolute Gasteiger partial charge is 0.320 e. The molecule has 1 aliphatic heterocycles. The predicted molar refractivity (Wildman–Crippen MR) is 60.9 cm³/mol. The lowest BCUT2D eigenvalue weighted by Gasteiger charge is -2.20. The lowest BCUT2D eigenvalue weighted by molar-refractivity contribution is -0.142. The number of nitrogens with two attached hydrogens (primary N) is 1. The quantitative estimate of drug-likeness (QED) is 0.785. The van der Waals surface area contributed by atoms with Crippen LogP contribution in [0.5, 0.6) is 0 Å². The third-order valence-corrected chi connectivity index (χ3v) is 2.95. The highest BCUT2D eigenvalue weighted by molar-refractivity contribution is 5.74. The van der Waals surface area contributed by atoms with E-state index in [1.165, 1.54) is 0 Å². The summed E-state index contributed by atoms with van der Waals surface area (Å²) in [6.45, 7) is 1.32. The van der Waals surface area contributed by atoms with Crippen LogP contribution >= 0.6 is 0 Å². The van der Waals surface area contributed by atoms with Crippen molar-refractivity contribution in [2.24, 2.45) is 5.73 Å². The maximum Gasteiger partial charge on any atom is 0.320 e. The Bertz CT molecular complexity index is 367. The Hall–Kier alpha value is -1.39. The first kappa shape index (κ1) is 11.1. The van der Waals surface area contributed by atoms with E-state index < -0.39 is 12.0 Å². The third-order valence-electron chi connectivity index (χ3n) is 2.95. The van der Waals surface area contributed by atoms with Crippen LogP contribution in [0.1, 0.15) is 12.0 Å². The first-order valence-electron chi connectivity index (χ1n) is 5.43. The van der Waals surface area contributed by atoms with E-state index in [0.717, 1.165) is 5.56 Å². The molecule has 0 amide bonds. The van der Waals surface area contributed by atoms with E-state index in [9.17, 15) is 4.79 Å². The summed E-state index contributed by atoms with van der Waals surface area (Å²) >= 11 is 0. The first-order valence-corrected chi connectivity index (χ1v) is 5.43. The van der Waals surface area contributed by atoms with Gasteiger partial charge in [0.1, 0.15) is 6.04 Å². The van der Waals surface area contributed by atoms with Crippen LogP contribution in [0.25, 0.3) is 0 Å². The number of rotatable bonds is 3. The molecule has 0 bridgehead atoms. The number of nitrogens with zero attached hydrogens (tertiary/aromatic N) is 1. The van der Waals surface area contributed by atoms with Crippen molar-refractivity contribution < 1.29 is 9.90 Å². The Morgan fingerprint density at radius 2 is 2.12 bits per heavy atom. The second-order valence-electron chi connectivity index (χ2n) is 4.26. The van der Waals surface area contributed by atoms with Gasteiger partial charge in [-0.1, -0.05) is 30.3 Å². The van der Waals surface area contributed by atoms with Gasteiger partial charge in [0.05, 0.1) is 0 Å². The fourth-order valence-electron chi connectivity index (χ4n) is 2.19. The van der Waals surface area contributed by atoms with Crippen LogP contribution in [0.2, 0.25) is 0 Å². The molecule has 1 aromatic rings. The Balaban J connectivity index is 2.06. The van der Waals surface area contributed by atoms with Gasteiger partial charge in [-0.25, -0.2) is 0 Å². The molecule has 2 unspecified atom stereocenters. The van der Waals surface area contributed by atoms with Gasteiger partial charge >= 0.3 is 5.97 Å². The van der Waals surface area contributed by atoms with E-state index in [-0.39, 0.29) is 6.04 Å². The summed E-state index contributed by atoms with van der Waals surface area (Å²) in [5, 5.41) is 9.08. The topological polar surface area (TPSA) is 66.6 Å². The minimum atomic E-state index is -0.774. The van der Waals surface area contributed by atoms with Crippen molar-refractivity contribution in [1.82, 2.24) is 4.90 Å². The lowest BCUT2D eigenvalue weighted by atomic mass is 10.1. The van der Waals surface area contributed by atoms with Crippen LogP contribution in [-0.4, -0.2) is 34.6 Å². The molecule has 1 aromatic carbocycles. The Kier molecular flexibility index (Phi) is 3.22. The molecule has 86 valence electrons. The minimum absolute atomic E-state index is 0.0233. The maximum absolute atomic E-state index is 11.1. The van der Waals surface area contributed by atoms with Crippen LogP contribution in [0.3, 0.4) is 0 Å². The van der Waals surface area contributed by atoms with Crippen LogP contribution < -0.4 is 5.73 Å². The third kappa shape index (κ3) is 2.40. The van der Waals surface area contributed by atoms with E-state index in [2.05, 4.69) is 0 Å². The zero-order valence-electron chi connectivity index (χ0n) is 9.04. The van der Waals surface area contributed by atoms with E-state index in [1.54, 1.807) is 0 Å². The number of carbonyl (C=O) groups is 1. The number of carboxylic acids is 1. The van der Waals surface area contributed by atoms with Crippen LogP contribution in [0, 0.1) is 0 Å². The molecule has 4 heteroatoms. The summed E-state index contributed by atoms with van der Waals surface area (Å²) < 4.78 is 0. The average Bonchev–Trinajstić information content (AvgIpc) is 2.61. The standard InChI is InChI=1S/C12H16N2O2/c13-10-6-11(12(15)16)14(8-10)7-9-4-2-1-3-5-9/h1-5,10-11H,6-8,13H2,(H,15,16).